The molecule has 2 atom stereocenters. The Morgan fingerprint density at radius 3 is 2.59 bits per heavy atom. The summed E-state index contributed by atoms with van der Waals surface area (Å²) in [6.07, 6.45) is -2.40. The molecule has 22 heavy (non-hydrogen) atoms. The van der Waals surface area contributed by atoms with Crippen molar-refractivity contribution in [2.24, 2.45) is 11.8 Å². The molecule has 2 amide bonds. The predicted octanol–water partition coefficient (Wildman–Crippen LogP) is 0.542. The van der Waals surface area contributed by atoms with Crippen LogP contribution in [0.1, 0.15) is 5.56 Å². The third-order valence-corrected chi connectivity index (χ3v) is 3.59. The minimum Gasteiger partial charge on any atom is -0.355 e. The highest BCUT2D eigenvalue weighted by Crippen LogP contribution is 2.23. The molecule has 0 bridgehead atoms. The molecule has 1 aromatic rings. The van der Waals surface area contributed by atoms with Crippen molar-refractivity contribution in [3.8, 4) is 0 Å². The molecule has 1 aliphatic heterocycles. The first-order chi connectivity index (χ1) is 10.5. The fraction of sp³-hybridized carbons (Fsp3) is 0.400. The third kappa shape index (κ3) is 3.87. The van der Waals surface area contributed by atoms with Crippen molar-refractivity contribution in [3.05, 3.63) is 35.9 Å². The van der Waals surface area contributed by atoms with Crippen LogP contribution in [-0.4, -0.2) is 37.1 Å². The lowest BCUT2D eigenvalue weighted by molar-refractivity contribution is -0.141. The summed E-state index contributed by atoms with van der Waals surface area (Å²) in [5.74, 6) is -3.69. The highest BCUT2D eigenvalue weighted by Gasteiger charge is 2.41. The number of alkyl halides is 2. The van der Waals surface area contributed by atoms with Crippen LogP contribution in [-0.2, 0) is 20.8 Å². The normalized spacial score (nSPS) is 20.8. The molecule has 0 radical (unpaired) electrons. The summed E-state index contributed by atoms with van der Waals surface area (Å²) < 4.78 is 24.1. The highest BCUT2D eigenvalue weighted by molar-refractivity contribution is 6.37. The van der Waals surface area contributed by atoms with Gasteiger partial charge in [-0.15, -0.1) is 0 Å². The first kappa shape index (κ1) is 16.1. The van der Waals surface area contributed by atoms with Crippen molar-refractivity contribution < 1.29 is 23.2 Å². The molecule has 0 saturated carbocycles. The first-order valence-electron chi connectivity index (χ1n) is 6.91. The largest absolute Gasteiger partial charge is 0.355 e. The van der Waals surface area contributed by atoms with Gasteiger partial charge in [-0.1, -0.05) is 30.3 Å². The first-order valence-corrected chi connectivity index (χ1v) is 6.91. The number of carbonyl (C=O) groups is 3. The fourth-order valence-electron chi connectivity index (χ4n) is 2.47. The minimum atomic E-state index is -2.72. The maximum absolute atomic E-state index is 12.1. The van der Waals surface area contributed by atoms with E-state index in [2.05, 4.69) is 5.32 Å². The standard InChI is InChI=1S/C15H16F2N2O3/c16-12(17)8-19-15(22)13(20)11-7-18-14(21)10(11)6-9-4-2-1-3-5-9/h1-5,10-12H,6-8H2,(H,18,21)(H,19,22)/t10-,11+/m1/s1. The van der Waals surface area contributed by atoms with E-state index in [-0.39, 0.29) is 12.5 Å². The van der Waals surface area contributed by atoms with Crippen molar-refractivity contribution >= 4 is 17.6 Å². The molecule has 0 unspecified atom stereocenters. The van der Waals surface area contributed by atoms with E-state index < -0.39 is 36.5 Å². The second-order valence-electron chi connectivity index (χ2n) is 5.11. The zero-order valence-corrected chi connectivity index (χ0v) is 11.7. The molecule has 7 heteroatoms. The second-order valence-corrected chi connectivity index (χ2v) is 5.11. The number of rotatable bonds is 6. The van der Waals surface area contributed by atoms with Gasteiger partial charge in [-0.25, -0.2) is 8.78 Å². The van der Waals surface area contributed by atoms with Crippen LogP contribution in [0.5, 0.6) is 0 Å². The molecule has 1 aromatic carbocycles. The summed E-state index contributed by atoms with van der Waals surface area (Å²) in [6, 6.07) is 9.11. The zero-order valence-electron chi connectivity index (χ0n) is 11.7. The summed E-state index contributed by atoms with van der Waals surface area (Å²) in [6.45, 7) is -0.820. The molecular weight excluding hydrogens is 294 g/mol. The lowest BCUT2D eigenvalue weighted by atomic mass is 9.86. The molecule has 118 valence electrons. The summed E-state index contributed by atoms with van der Waals surface area (Å²) in [4.78, 5) is 35.5. The average Bonchev–Trinajstić information content (AvgIpc) is 2.86. The SMILES string of the molecule is O=C(NCC(F)F)C(=O)[C@H]1CNC(=O)[C@@H]1Cc1ccccc1. The van der Waals surface area contributed by atoms with Crippen LogP contribution in [0.4, 0.5) is 8.78 Å². The molecular formula is C15H16F2N2O3. The molecule has 0 aliphatic carbocycles. The highest BCUT2D eigenvalue weighted by atomic mass is 19.3. The lowest BCUT2D eigenvalue weighted by Crippen LogP contribution is -2.40. The van der Waals surface area contributed by atoms with Crippen molar-refractivity contribution in [3.63, 3.8) is 0 Å². The van der Waals surface area contributed by atoms with Gasteiger partial charge in [0.05, 0.1) is 18.4 Å². The Labute approximate surface area is 126 Å². The predicted molar refractivity (Wildman–Crippen MR) is 74.2 cm³/mol. The summed E-state index contributed by atoms with van der Waals surface area (Å²) in [7, 11) is 0. The Bertz CT molecular complexity index is 563. The van der Waals surface area contributed by atoms with E-state index in [0.29, 0.717) is 6.42 Å². The summed E-state index contributed by atoms with van der Waals surface area (Å²) in [5.41, 5.74) is 0.871. The van der Waals surface area contributed by atoms with E-state index in [0.717, 1.165) is 5.56 Å². The van der Waals surface area contributed by atoms with E-state index >= 15 is 0 Å². The van der Waals surface area contributed by atoms with Gasteiger partial charge in [0.2, 0.25) is 11.7 Å². The van der Waals surface area contributed by atoms with E-state index in [4.69, 9.17) is 0 Å². The van der Waals surface area contributed by atoms with Crippen molar-refractivity contribution in [2.75, 3.05) is 13.1 Å². The van der Waals surface area contributed by atoms with Crippen LogP contribution in [0.15, 0.2) is 30.3 Å². The Morgan fingerprint density at radius 2 is 1.95 bits per heavy atom. The number of nitrogens with one attached hydrogen (secondary N) is 2. The maximum Gasteiger partial charge on any atom is 0.287 e. The molecule has 1 fully saturated rings. The fourth-order valence-corrected chi connectivity index (χ4v) is 2.47. The van der Waals surface area contributed by atoms with Gasteiger partial charge in [0.25, 0.3) is 12.3 Å². The number of ketones is 1. The lowest BCUT2D eigenvalue weighted by Gasteiger charge is -2.15. The van der Waals surface area contributed by atoms with Crippen LogP contribution in [0.25, 0.3) is 0 Å². The number of halogens is 2. The summed E-state index contributed by atoms with van der Waals surface area (Å²) >= 11 is 0. The van der Waals surface area contributed by atoms with Crippen LogP contribution in [0.3, 0.4) is 0 Å². The van der Waals surface area contributed by atoms with Crippen LogP contribution in [0, 0.1) is 11.8 Å². The second kappa shape index (κ2) is 7.11. The third-order valence-electron chi connectivity index (χ3n) is 3.59. The van der Waals surface area contributed by atoms with Gasteiger partial charge in [-0.2, -0.15) is 0 Å². The number of carbonyl (C=O) groups excluding carboxylic acids is 3. The monoisotopic (exact) mass is 310 g/mol. The van der Waals surface area contributed by atoms with Crippen LogP contribution < -0.4 is 10.6 Å². The summed E-state index contributed by atoms with van der Waals surface area (Å²) in [5, 5.41) is 4.43. The topological polar surface area (TPSA) is 75.3 Å². The van der Waals surface area contributed by atoms with Crippen molar-refractivity contribution in [1.29, 1.82) is 0 Å². The zero-order chi connectivity index (χ0) is 16.1. The average molecular weight is 310 g/mol. The molecule has 2 rings (SSSR count). The molecule has 1 heterocycles. The quantitative estimate of drug-likeness (QED) is 0.753. The molecule has 1 aliphatic rings. The molecule has 0 aromatic heterocycles. The van der Waals surface area contributed by atoms with Gasteiger partial charge in [-0.3, -0.25) is 14.4 Å². The Hall–Kier alpha value is -2.31. The van der Waals surface area contributed by atoms with E-state index in [1.165, 1.54) is 0 Å². The van der Waals surface area contributed by atoms with Crippen LogP contribution >= 0.6 is 0 Å². The van der Waals surface area contributed by atoms with Gasteiger partial charge >= 0.3 is 0 Å². The van der Waals surface area contributed by atoms with Gasteiger partial charge in [0.15, 0.2) is 0 Å². The Kier molecular flexibility index (Phi) is 5.19. The van der Waals surface area contributed by atoms with E-state index in [1.807, 2.05) is 35.6 Å². The van der Waals surface area contributed by atoms with Crippen LogP contribution in [0.2, 0.25) is 0 Å². The Morgan fingerprint density at radius 1 is 1.27 bits per heavy atom. The maximum atomic E-state index is 12.1. The van der Waals surface area contributed by atoms with Crippen molar-refractivity contribution in [2.45, 2.75) is 12.8 Å². The van der Waals surface area contributed by atoms with E-state index in [9.17, 15) is 23.2 Å². The van der Waals surface area contributed by atoms with Gasteiger partial charge in [0.1, 0.15) is 0 Å². The smallest absolute Gasteiger partial charge is 0.287 e. The number of Topliss-reactive ketones (excluding diaryl/α,β-unsaturated/α-hetero) is 1. The molecule has 5 nitrogen and oxygen atoms in total. The van der Waals surface area contributed by atoms with Gasteiger partial charge in [0, 0.05) is 6.54 Å². The number of hydrogen-bond donors (Lipinski definition) is 2. The molecule has 1 saturated heterocycles. The molecule has 2 N–H and O–H groups in total. The molecule has 0 spiro atoms. The number of amides is 2. The number of benzene rings is 1. The number of hydrogen-bond acceptors (Lipinski definition) is 3. The Balaban J connectivity index is 2.03. The minimum absolute atomic E-state index is 0.0528. The van der Waals surface area contributed by atoms with Gasteiger partial charge in [-0.05, 0) is 12.0 Å². The van der Waals surface area contributed by atoms with Gasteiger partial charge < -0.3 is 10.6 Å². The van der Waals surface area contributed by atoms with Crippen molar-refractivity contribution in [1.82, 2.24) is 10.6 Å². The van der Waals surface area contributed by atoms with E-state index in [1.54, 1.807) is 0 Å².